The first-order valence-electron chi connectivity index (χ1n) is 6.43. The number of amides is 1. The Kier molecular flexibility index (Phi) is 4.86. The van der Waals surface area contributed by atoms with Gasteiger partial charge in [-0.3, -0.25) is 10.2 Å². The maximum atomic E-state index is 11.3. The molecule has 0 aliphatic carbocycles. The minimum atomic E-state index is -0.441. The standard InChI is InChI=1S/C14H18N4O2/c15-17-14(20)13-8-18(10-16-13)12(9-19)7-6-11-4-2-1-3-5-11/h1-5,8,10,12,19H,6-7,9,15H2,(H,17,20). The van der Waals surface area contributed by atoms with Gasteiger partial charge in [0, 0.05) is 6.20 Å². The van der Waals surface area contributed by atoms with Gasteiger partial charge in [-0.05, 0) is 18.4 Å². The van der Waals surface area contributed by atoms with Crippen LogP contribution in [0.1, 0.15) is 28.5 Å². The summed E-state index contributed by atoms with van der Waals surface area (Å²) in [6.45, 7) is -0.00707. The molecule has 1 amide bonds. The van der Waals surface area contributed by atoms with Crippen molar-refractivity contribution in [3.8, 4) is 0 Å². The van der Waals surface area contributed by atoms with Crippen LogP contribution in [0, 0.1) is 0 Å². The molecule has 106 valence electrons. The Morgan fingerprint density at radius 2 is 2.15 bits per heavy atom. The molecule has 0 aliphatic rings. The van der Waals surface area contributed by atoms with E-state index in [9.17, 15) is 9.90 Å². The summed E-state index contributed by atoms with van der Waals surface area (Å²) in [5, 5.41) is 9.49. The molecule has 1 aromatic heterocycles. The van der Waals surface area contributed by atoms with Crippen molar-refractivity contribution >= 4 is 5.91 Å². The van der Waals surface area contributed by atoms with E-state index in [1.807, 2.05) is 23.6 Å². The van der Waals surface area contributed by atoms with Gasteiger partial charge in [-0.25, -0.2) is 10.8 Å². The van der Waals surface area contributed by atoms with Crippen molar-refractivity contribution in [1.82, 2.24) is 15.0 Å². The van der Waals surface area contributed by atoms with E-state index in [2.05, 4.69) is 17.1 Å². The van der Waals surface area contributed by atoms with Gasteiger partial charge in [-0.1, -0.05) is 30.3 Å². The van der Waals surface area contributed by atoms with Crippen LogP contribution in [-0.4, -0.2) is 27.2 Å². The lowest BCUT2D eigenvalue weighted by Crippen LogP contribution is -2.30. The number of aliphatic hydroxyl groups excluding tert-OH is 1. The summed E-state index contributed by atoms with van der Waals surface area (Å²) in [6.07, 6.45) is 4.74. The van der Waals surface area contributed by atoms with Crippen LogP contribution in [0.3, 0.4) is 0 Å². The van der Waals surface area contributed by atoms with Crippen molar-refractivity contribution in [2.75, 3.05) is 6.61 Å². The third-order valence-corrected chi connectivity index (χ3v) is 3.21. The number of hydrogen-bond donors (Lipinski definition) is 3. The Balaban J connectivity index is 2.01. The first-order valence-corrected chi connectivity index (χ1v) is 6.43. The molecule has 1 unspecified atom stereocenters. The number of rotatable bonds is 6. The largest absolute Gasteiger partial charge is 0.394 e. The molecule has 1 atom stereocenters. The molecular formula is C14H18N4O2. The lowest BCUT2D eigenvalue weighted by atomic mass is 10.1. The van der Waals surface area contributed by atoms with Crippen molar-refractivity contribution in [2.45, 2.75) is 18.9 Å². The Bertz CT molecular complexity index is 553. The fourth-order valence-corrected chi connectivity index (χ4v) is 2.04. The molecule has 4 N–H and O–H groups in total. The molecule has 0 radical (unpaired) electrons. The average molecular weight is 274 g/mol. The quantitative estimate of drug-likeness (QED) is 0.409. The predicted molar refractivity (Wildman–Crippen MR) is 74.8 cm³/mol. The number of hydrazine groups is 1. The first kappa shape index (κ1) is 14.2. The summed E-state index contributed by atoms with van der Waals surface area (Å²) in [5.41, 5.74) is 3.49. The summed E-state index contributed by atoms with van der Waals surface area (Å²) >= 11 is 0. The van der Waals surface area contributed by atoms with Crippen molar-refractivity contribution in [3.63, 3.8) is 0 Å². The third-order valence-electron chi connectivity index (χ3n) is 3.21. The van der Waals surface area contributed by atoms with E-state index >= 15 is 0 Å². The fourth-order valence-electron chi connectivity index (χ4n) is 2.04. The molecule has 20 heavy (non-hydrogen) atoms. The molecule has 0 aliphatic heterocycles. The zero-order valence-electron chi connectivity index (χ0n) is 11.1. The topological polar surface area (TPSA) is 93.2 Å². The highest BCUT2D eigenvalue weighted by Crippen LogP contribution is 2.15. The van der Waals surface area contributed by atoms with Crippen LogP contribution in [0.4, 0.5) is 0 Å². The van der Waals surface area contributed by atoms with Crippen LogP contribution in [0.5, 0.6) is 0 Å². The molecule has 2 aromatic rings. The van der Waals surface area contributed by atoms with Crippen molar-refractivity contribution in [3.05, 3.63) is 54.1 Å². The third kappa shape index (κ3) is 3.43. The number of nitrogen functional groups attached to an aromatic ring is 1. The maximum Gasteiger partial charge on any atom is 0.285 e. The fraction of sp³-hybridized carbons (Fsp3) is 0.286. The van der Waals surface area contributed by atoms with Crippen LogP contribution in [0.25, 0.3) is 0 Å². The van der Waals surface area contributed by atoms with E-state index in [1.54, 1.807) is 10.8 Å². The predicted octanol–water partition coefficient (Wildman–Crippen LogP) is 0.653. The van der Waals surface area contributed by atoms with E-state index in [0.29, 0.717) is 0 Å². The number of nitrogens with zero attached hydrogens (tertiary/aromatic N) is 2. The van der Waals surface area contributed by atoms with Crippen LogP contribution in [-0.2, 0) is 6.42 Å². The number of aromatic nitrogens is 2. The van der Waals surface area contributed by atoms with Crippen LogP contribution >= 0.6 is 0 Å². The van der Waals surface area contributed by atoms with Crippen LogP contribution < -0.4 is 11.3 Å². The van der Waals surface area contributed by atoms with E-state index in [1.165, 1.54) is 11.9 Å². The summed E-state index contributed by atoms with van der Waals surface area (Å²) in [5.74, 6) is 4.62. The van der Waals surface area contributed by atoms with E-state index in [4.69, 9.17) is 5.84 Å². The van der Waals surface area contributed by atoms with Gasteiger partial charge < -0.3 is 9.67 Å². The van der Waals surface area contributed by atoms with Gasteiger partial charge in [0.05, 0.1) is 19.0 Å². The summed E-state index contributed by atoms with van der Waals surface area (Å²) in [4.78, 5) is 15.3. The number of aryl methyl sites for hydroxylation is 1. The Hall–Kier alpha value is -2.18. The summed E-state index contributed by atoms with van der Waals surface area (Å²) < 4.78 is 1.74. The van der Waals surface area contributed by atoms with Crippen LogP contribution in [0.15, 0.2) is 42.9 Å². The Morgan fingerprint density at radius 1 is 1.40 bits per heavy atom. The maximum absolute atomic E-state index is 11.3. The number of nitrogens with one attached hydrogen (secondary N) is 1. The van der Waals surface area contributed by atoms with Gasteiger partial charge >= 0.3 is 0 Å². The monoisotopic (exact) mass is 274 g/mol. The number of carbonyl (C=O) groups is 1. The molecular weight excluding hydrogens is 256 g/mol. The van der Waals surface area contributed by atoms with Gasteiger partial charge in [0.25, 0.3) is 5.91 Å². The van der Waals surface area contributed by atoms with Crippen molar-refractivity contribution in [2.24, 2.45) is 5.84 Å². The molecule has 6 nitrogen and oxygen atoms in total. The molecule has 6 heteroatoms. The molecule has 0 fully saturated rings. The van der Waals surface area contributed by atoms with Crippen LogP contribution in [0.2, 0.25) is 0 Å². The molecule has 0 spiro atoms. The molecule has 1 aromatic carbocycles. The molecule has 0 saturated heterocycles. The second-order valence-corrected chi connectivity index (χ2v) is 4.54. The van der Waals surface area contributed by atoms with Gasteiger partial charge in [0.2, 0.25) is 0 Å². The number of nitrogens with two attached hydrogens (primary N) is 1. The lowest BCUT2D eigenvalue weighted by molar-refractivity contribution is 0.0949. The van der Waals surface area contributed by atoms with E-state index < -0.39 is 5.91 Å². The SMILES string of the molecule is NNC(=O)c1cn(C(CO)CCc2ccccc2)cn1. The number of imidazole rings is 1. The normalized spacial score (nSPS) is 12.1. The Labute approximate surface area is 117 Å². The highest BCUT2D eigenvalue weighted by Gasteiger charge is 2.13. The molecule has 2 rings (SSSR count). The zero-order chi connectivity index (χ0) is 14.4. The number of benzene rings is 1. The highest BCUT2D eigenvalue weighted by atomic mass is 16.3. The van der Waals surface area contributed by atoms with E-state index in [-0.39, 0.29) is 18.3 Å². The van der Waals surface area contributed by atoms with Crippen molar-refractivity contribution < 1.29 is 9.90 Å². The number of carbonyl (C=O) groups excluding carboxylic acids is 1. The second-order valence-electron chi connectivity index (χ2n) is 4.54. The minimum Gasteiger partial charge on any atom is -0.394 e. The average Bonchev–Trinajstić information content (AvgIpc) is 2.98. The summed E-state index contributed by atoms with van der Waals surface area (Å²) in [7, 11) is 0. The highest BCUT2D eigenvalue weighted by molar-refractivity contribution is 5.91. The Morgan fingerprint density at radius 3 is 2.80 bits per heavy atom. The summed E-state index contributed by atoms with van der Waals surface area (Å²) in [6, 6.07) is 9.95. The molecule has 1 heterocycles. The number of aliphatic hydroxyl groups is 1. The van der Waals surface area contributed by atoms with Gasteiger partial charge in [-0.2, -0.15) is 0 Å². The van der Waals surface area contributed by atoms with Gasteiger partial charge in [0.1, 0.15) is 5.69 Å². The van der Waals surface area contributed by atoms with Gasteiger partial charge in [0.15, 0.2) is 0 Å². The minimum absolute atomic E-state index is 0.00707. The molecule has 0 bridgehead atoms. The smallest absolute Gasteiger partial charge is 0.285 e. The van der Waals surface area contributed by atoms with E-state index in [0.717, 1.165) is 12.8 Å². The molecule has 0 saturated carbocycles. The first-order chi connectivity index (χ1) is 9.74. The second kappa shape index (κ2) is 6.83. The lowest BCUT2D eigenvalue weighted by Gasteiger charge is -2.15. The van der Waals surface area contributed by atoms with Crippen molar-refractivity contribution in [1.29, 1.82) is 0 Å². The van der Waals surface area contributed by atoms with Gasteiger partial charge in [-0.15, -0.1) is 0 Å². The zero-order valence-corrected chi connectivity index (χ0v) is 11.1. The number of hydrogen-bond acceptors (Lipinski definition) is 4.